The first kappa shape index (κ1) is 13.7. The summed E-state index contributed by atoms with van der Waals surface area (Å²) in [6.45, 7) is 1.40. The molecule has 0 heterocycles. The third-order valence-electron chi connectivity index (χ3n) is 3.19. The topological polar surface area (TPSA) is 44.5 Å². The minimum atomic E-state index is 0.636. The van der Waals surface area contributed by atoms with Crippen molar-refractivity contribution >= 4 is 15.9 Å². The first-order valence-electron chi connectivity index (χ1n) is 6.44. The van der Waals surface area contributed by atoms with E-state index in [1.807, 2.05) is 6.07 Å². The summed E-state index contributed by atoms with van der Waals surface area (Å²) in [5.74, 6) is 2.47. The van der Waals surface area contributed by atoms with Crippen molar-refractivity contribution in [2.24, 2.45) is 11.7 Å². The number of halogens is 1. The molecule has 2 N–H and O–H groups in total. The summed E-state index contributed by atoms with van der Waals surface area (Å²) in [5.41, 5.74) is 6.74. The number of ether oxygens (including phenoxy) is 2. The molecule has 1 fully saturated rings. The molecular formula is C14H20BrNO2. The number of hydrogen-bond acceptors (Lipinski definition) is 3. The standard InChI is InChI=1S/C14H20BrNO2/c1-17-13-9-11(4-6-16)8-12(15)14(13)18-7-5-10-2-3-10/h8-10H,2-7,16H2,1H3. The highest BCUT2D eigenvalue weighted by atomic mass is 79.9. The van der Waals surface area contributed by atoms with Gasteiger partial charge in [-0.2, -0.15) is 0 Å². The fourth-order valence-corrected chi connectivity index (χ4v) is 2.56. The average molecular weight is 314 g/mol. The van der Waals surface area contributed by atoms with Gasteiger partial charge >= 0.3 is 0 Å². The highest BCUT2D eigenvalue weighted by molar-refractivity contribution is 9.10. The Kier molecular flexibility index (Phi) is 4.89. The van der Waals surface area contributed by atoms with Gasteiger partial charge in [0.05, 0.1) is 18.2 Å². The zero-order valence-corrected chi connectivity index (χ0v) is 12.3. The molecule has 0 unspecified atom stereocenters. The molecule has 0 saturated heterocycles. The van der Waals surface area contributed by atoms with Crippen LogP contribution < -0.4 is 15.2 Å². The molecule has 0 bridgehead atoms. The van der Waals surface area contributed by atoms with Crippen LogP contribution in [0, 0.1) is 5.92 Å². The zero-order chi connectivity index (χ0) is 13.0. The molecule has 1 aliphatic rings. The van der Waals surface area contributed by atoms with Gasteiger partial charge in [-0.25, -0.2) is 0 Å². The SMILES string of the molecule is COc1cc(CCN)cc(Br)c1OCCC1CC1. The fraction of sp³-hybridized carbons (Fsp3) is 0.571. The summed E-state index contributed by atoms with van der Waals surface area (Å²) in [4.78, 5) is 0. The van der Waals surface area contributed by atoms with Gasteiger partial charge in [-0.15, -0.1) is 0 Å². The predicted octanol–water partition coefficient (Wildman–Crippen LogP) is 3.14. The van der Waals surface area contributed by atoms with Gasteiger partial charge in [-0.1, -0.05) is 12.8 Å². The van der Waals surface area contributed by atoms with Gasteiger partial charge in [0.25, 0.3) is 0 Å². The molecule has 2 rings (SSSR count). The second kappa shape index (κ2) is 6.43. The molecule has 1 aromatic rings. The molecule has 0 radical (unpaired) electrons. The van der Waals surface area contributed by atoms with Crippen LogP contribution in [0.3, 0.4) is 0 Å². The number of methoxy groups -OCH3 is 1. The molecule has 0 spiro atoms. The number of benzene rings is 1. The van der Waals surface area contributed by atoms with E-state index in [4.69, 9.17) is 15.2 Å². The van der Waals surface area contributed by atoms with E-state index >= 15 is 0 Å². The highest BCUT2D eigenvalue weighted by Gasteiger charge is 2.21. The van der Waals surface area contributed by atoms with Crippen LogP contribution >= 0.6 is 15.9 Å². The van der Waals surface area contributed by atoms with Crippen LogP contribution in [-0.4, -0.2) is 20.3 Å². The van der Waals surface area contributed by atoms with Crippen molar-refractivity contribution in [2.75, 3.05) is 20.3 Å². The summed E-state index contributed by atoms with van der Waals surface area (Å²) in [6.07, 6.45) is 4.70. The third-order valence-corrected chi connectivity index (χ3v) is 3.78. The van der Waals surface area contributed by atoms with E-state index in [1.165, 1.54) is 12.8 Å². The van der Waals surface area contributed by atoms with E-state index in [-0.39, 0.29) is 0 Å². The molecule has 0 aromatic heterocycles. The Morgan fingerprint density at radius 1 is 1.39 bits per heavy atom. The lowest BCUT2D eigenvalue weighted by molar-refractivity contribution is 0.281. The summed E-state index contributed by atoms with van der Waals surface area (Å²) < 4.78 is 12.2. The first-order valence-corrected chi connectivity index (χ1v) is 7.23. The molecule has 1 aliphatic carbocycles. The Morgan fingerprint density at radius 2 is 2.17 bits per heavy atom. The molecule has 0 amide bonds. The van der Waals surface area contributed by atoms with Gasteiger partial charge in [-0.05, 0) is 58.9 Å². The fourth-order valence-electron chi connectivity index (χ4n) is 1.96. The Morgan fingerprint density at radius 3 is 2.78 bits per heavy atom. The van der Waals surface area contributed by atoms with Crippen molar-refractivity contribution < 1.29 is 9.47 Å². The third kappa shape index (κ3) is 3.62. The van der Waals surface area contributed by atoms with Gasteiger partial charge in [-0.3, -0.25) is 0 Å². The quantitative estimate of drug-likeness (QED) is 0.841. The second-order valence-corrected chi connectivity index (χ2v) is 5.58. The second-order valence-electron chi connectivity index (χ2n) is 4.73. The highest BCUT2D eigenvalue weighted by Crippen LogP contribution is 2.38. The maximum Gasteiger partial charge on any atom is 0.175 e. The molecule has 18 heavy (non-hydrogen) atoms. The molecule has 4 heteroatoms. The van der Waals surface area contributed by atoms with Crippen LogP contribution in [0.15, 0.2) is 16.6 Å². The van der Waals surface area contributed by atoms with Gasteiger partial charge in [0.15, 0.2) is 11.5 Å². The molecule has 0 atom stereocenters. The van der Waals surface area contributed by atoms with Gasteiger partial charge in [0.1, 0.15) is 0 Å². The van der Waals surface area contributed by atoms with Crippen LogP contribution in [0.1, 0.15) is 24.8 Å². The summed E-state index contributed by atoms with van der Waals surface area (Å²) >= 11 is 3.55. The lowest BCUT2D eigenvalue weighted by Crippen LogP contribution is -2.05. The molecule has 100 valence electrons. The Balaban J connectivity index is 2.05. The molecule has 1 saturated carbocycles. The number of rotatable bonds is 7. The average Bonchev–Trinajstić information content (AvgIpc) is 3.15. The van der Waals surface area contributed by atoms with E-state index in [2.05, 4.69) is 22.0 Å². The Hall–Kier alpha value is -0.740. The Labute approximate surface area is 117 Å². The lowest BCUT2D eigenvalue weighted by atomic mass is 10.1. The van der Waals surface area contributed by atoms with Crippen molar-refractivity contribution in [1.29, 1.82) is 0 Å². The van der Waals surface area contributed by atoms with Crippen molar-refractivity contribution in [2.45, 2.75) is 25.7 Å². The van der Waals surface area contributed by atoms with E-state index in [1.54, 1.807) is 7.11 Å². The van der Waals surface area contributed by atoms with E-state index in [0.29, 0.717) is 6.54 Å². The van der Waals surface area contributed by atoms with E-state index < -0.39 is 0 Å². The zero-order valence-electron chi connectivity index (χ0n) is 10.7. The first-order chi connectivity index (χ1) is 8.74. The van der Waals surface area contributed by atoms with Crippen LogP contribution in [-0.2, 0) is 6.42 Å². The van der Waals surface area contributed by atoms with Gasteiger partial charge in [0.2, 0.25) is 0 Å². The van der Waals surface area contributed by atoms with Crippen molar-refractivity contribution in [3.05, 3.63) is 22.2 Å². The van der Waals surface area contributed by atoms with E-state index in [9.17, 15) is 0 Å². The maximum absolute atomic E-state index is 5.84. The van der Waals surface area contributed by atoms with Crippen molar-refractivity contribution in [3.8, 4) is 11.5 Å². The van der Waals surface area contributed by atoms with Gasteiger partial charge < -0.3 is 15.2 Å². The summed E-state index contributed by atoms with van der Waals surface area (Å²) in [7, 11) is 1.67. The van der Waals surface area contributed by atoms with Gasteiger partial charge in [0, 0.05) is 0 Å². The number of nitrogens with two attached hydrogens (primary N) is 1. The monoisotopic (exact) mass is 313 g/mol. The van der Waals surface area contributed by atoms with E-state index in [0.717, 1.165) is 46.9 Å². The molecular weight excluding hydrogens is 294 g/mol. The van der Waals surface area contributed by atoms with Crippen LogP contribution in [0.4, 0.5) is 0 Å². The molecule has 0 aliphatic heterocycles. The van der Waals surface area contributed by atoms with Crippen molar-refractivity contribution in [3.63, 3.8) is 0 Å². The summed E-state index contributed by atoms with van der Waals surface area (Å²) in [6, 6.07) is 4.06. The van der Waals surface area contributed by atoms with Crippen LogP contribution in [0.25, 0.3) is 0 Å². The summed E-state index contributed by atoms with van der Waals surface area (Å²) in [5, 5.41) is 0. The van der Waals surface area contributed by atoms with Crippen molar-refractivity contribution in [1.82, 2.24) is 0 Å². The lowest BCUT2D eigenvalue weighted by Gasteiger charge is -2.14. The Bertz CT molecular complexity index is 405. The normalized spacial score (nSPS) is 14.6. The minimum Gasteiger partial charge on any atom is -0.493 e. The molecule has 1 aromatic carbocycles. The number of hydrogen-bond donors (Lipinski definition) is 1. The van der Waals surface area contributed by atoms with Crippen LogP contribution in [0.2, 0.25) is 0 Å². The smallest absolute Gasteiger partial charge is 0.175 e. The molecule has 3 nitrogen and oxygen atoms in total. The minimum absolute atomic E-state index is 0.636. The largest absolute Gasteiger partial charge is 0.493 e. The predicted molar refractivity (Wildman–Crippen MR) is 76.3 cm³/mol. The maximum atomic E-state index is 5.84. The van der Waals surface area contributed by atoms with Crippen LogP contribution in [0.5, 0.6) is 11.5 Å².